The molecule has 210 valence electrons. The first-order chi connectivity index (χ1) is 27.7. The van der Waals surface area contributed by atoms with Crippen LogP contribution < -0.4 is 0 Å². The molecule has 0 radical (unpaired) electrons. The van der Waals surface area contributed by atoms with Crippen molar-refractivity contribution in [1.82, 2.24) is 9.97 Å². The van der Waals surface area contributed by atoms with Gasteiger partial charge in [0, 0.05) is 32.8 Å². The van der Waals surface area contributed by atoms with E-state index in [9.17, 15) is 1.37 Å². The van der Waals surface area contributed by atoms with Crippen molar-refractivity contribution in [2.75, 3.05) is 0 Å². The van der Waals surface area contributed by atoms with Crippen LogP contribution in [0.4, 0.5) is 0 Å². The van der Waals surface area contributed by atoms with Gasteiger partial charge in [-0.15, -0.1) is 0 Å². The van der Waals surface area contributed by atoms with Crippen LogP contribution in [0.3, 0.4) is 0 Å². The topological polar surface area (TPSA) is 38.9 Å². The minimum atomic E-state index is -0.731. The lowest BCUT2D eigenvalue weighted by Gasteiger charge is -2.14. The van der Waals surface area contributed by atoms with Crippen LogP contribution in [-0.2, 0) is 0 Å². The van der Waals surface area contributed by atoms with Gasteiger partial charge in [0.15, 0.2) is 0 Å². The monoisotopic (exact) mass is 587 g/mol. The Bertz CT molecular complexity index is 3250. The maximum atomic E-state index is 9.52. The van der Waals surface area contributed by atoms with Gasteiger partial charge in [-0.3, -0.25) is 0 Å². The van der Waals surface area contributed by atoms with Crippen LogP contribution in [0.5, 0.6) is 0 Å². The molecule has 9 aromatic rings. The molecule has 9 rings (SSSR count). The van der Waals surface area contributed by atoms with E-state index < -0.39 is 95.2 Å². The normalized spacial score (nSPS) is 15.6. The van der Waals surface area contributed by atoms with Crippen molar-refractivity contribution in [2.24, 2.45) is 0 Å². The molecule has 45 heavy (non-hydrogen) atoms. The number of aromatic nitrogens is 2. The molecule has 0 bridgehead atoms. The van der Waals surface area contributed by atoms with Crippen molar-refractivity contribution in [3.63, 3.8) is 0 Å². The molecule has 0 saturated heterocycles. The quantitative estimate of drug-likeness (QED) is 0.206. The number of hydrogen-bond donors (Lipinski definition) is 0. The average Bonchev–Trinajstić information content (AvgIpc) is 3.63. The molecule has 2 heterocycles. The van der Waals surface area contributed by atoms with Gasteiger partial charge < -0.3 is 4.42 Å². The summed E-state index contributed by atoms with van der Waals surface area (Å²) in [5.41, 5.74) is 1.11. The van der Waals surface area contributed by atoms with E-state index in [0.717, 1.165) is 16.5 Å². The number of fused-ring (bicyclic) bond motifs is 6. The van der Waals surface area contributed by atoms with Gasteiger partial charge in [-0.25, -0.2) is 9.97 Å². The molecular weight excluding hydrogens is 548 g/mol. The lowest BCUT2D eigenvalue weighted by atomic mass is 9.94. The minimum Gasteiger partial charge on any atom is -0.455 e. The van der Waals surface area contributed by atoms with Crippen molar-refractivity contribution in [1.29, 1.82) is 0 Å². The zero-order chi connectivity index (χ0) is 41.1. The van der Waals surface area contributed by atoms with E-state index in [0.29, 0.717) is 32.9 Å². The highest BCUT2D eigenvalue weighted by molar-refractivity contribution is 6.21. The van der Waals surface area contributed by atoms with Crippen molar-refractivity contribution in [3.8, 4) is 44.8 Å². The molecule has 3 heteroatoms. The first-order valence-electron chi connectivity index (χ1n) is 20.6. The summed E-state index contributed by atoms with van der Waals surface area (Å²) in [5, 5.41) is 2.62. The van der Waals surface area contributed by atoms with E-state index in [1.165, 1.54) is 0 Å². The fourth-order valence-corrected chi connectivity index (χ4v) is 5.78. The number of para-hydroxylation sites is 3. The van der Waals surface area contributed by atoms with E-state index in [4.69, 9.17) is 30.8 Å². The second-order valence-electron chi connectivity index (χ2n) is 10.4. The summed E-state index contributed by atoms with van der Waals surface area (Å²) >= 11 is 0. The third kappa shape index (κ3) is 4.21. The van der Waals surface area contributed by atoms with Crippen LogP contribution in [0.15, 0.2) is 162 Å². The Morgan fingerprint density at radius 1 is 0.444 bits per heavy atom. The molecule has 0 amide bonds. The Balaban J connectivity index is 1.46. The lowest BCUT2D eigenvalue weighted by Crippen LogP contribution is -1.96. The van der Waals surface area contributed by atoms with Crippen LogP contribution in [0.1, 0.15) is 17.8 Å². The molecule has 2 aromatic heterocycles. The van der Waals surface area contributed by atoms with Crippen molar-refractivity contribution >= 4 is 43.7 Å². The first-order valence-corrected chi connectivity index (χ1v) is 14.1. The Hall–Kier alpha value is -6.06. The van der Waals surface area contributed by atoms with Crippen LogP contribution in [0, 0.1) is 0 Å². The third-order valence-corrected chi connectivity index (χ3v) is 7.78. The van der Waals surface area contributed by atoms with Gasteiger partial charge in [-0.2, -0.15) is 0 Å². The van der Waals surface area contributed by atoms with Gasteiger partial charge in [-0.05, 0) is 46.3 Å². The number of hydrogen-bond acceptors (Lipinski definition) is 3. The highest BCUT2D eigenvalue weighted by Gasteiger charge is 2.21. The summed E-state index contributed by atoms with van der Waals surface area (Å²) in [7, 11) is 0. The van der Waals surface area contributed by atoms with E-state index in [-0.39, 0.29) is 22.4 Å². The predicted octanol–water partition coefficient (Wildman–Crippen LogP) is 11.4. The molecule has 7 aromatic carbocycles. The Kier molecular flexibility index (Phi) is 3.57. The van der Waals surface area contributed by atoms with Gasteiger partial charge in [0.25, 0.3) is 0 Å². The van der Waals surface area contributed by atoms with Crippen LogP contribution in [0.25, 0.3) is 88.5 Å². The summed E-state index contributed by atoms with van der Waals surface area (Å²) in [6.07, 6.45) is 0. The summed E-state index contributed by atoms with van der Waals surface area (Å²) < 4.78 is 119. The highest BCUT2D eigenvalue weighted by Crippen LogP contribution is 2.44. The molecule has 0 spiro atoms. The summed E-state index contributed by atoms with van der Waals surface area (Å²) in [4.78, 5) is 9.56. The molecule has 3 nitrogen and oxygen atoms in total. The summed E-state index contributed by atoms with van der Waals surface area (Å²) in [6, 6.07) is 16.0. The maximum absolute atomic E-state index is 9.52. The van der Waals surface area contributed by atoms with Crippen molar-refractivity contribution < 1.29 is 22.2 Å². The van der Waals surface area contributed by atoms with Gasteiger partial charge in [-0.1, -0.05) is 133 Å². The number of benzene rings is 7. The third-order valence-electron chi connectivity index (χ3n) is 7.78. The summed E-state index contributed by atoms with van der Waals surface area (Å²) in [6.45, 7) is 0. The van der Waals surface area contributed by atoms with Gasteiger partial charge in [0.2, 0.25) is 0 Å². The smallest absolute Gasteiger partial charge is 0.143 e. The van der Waals surface area contributed by atoms with E-state index in [2.05, 4.69) is 0 Å². The molecule has 0 aliphatic rings. The maximum Gasteiger partial charge on any atom is 0.143 e. The predicted molar refractivity (Wildman–Crippen MR) is 186 cm³/mol. The zero-order valence-electron chi connectivity index (χ0n) is 36.3. The Labute approximate surface area is 278 Å². The molecule has 0 aliphatic carbocycles. The standard InChI is InChI=1S/C42H26N2O/c1-3-13-27(14-4-1)29-17-11-18-30(25-29)39-40(44-38-24-10-9-23-37(38)43-39)35-26-36-34-22-12-21-31(28-15-5-2-6-16-28)41(34)45-42(36)33-20-8-7-19-32(33)35/h1-26H/i1D,3D,4D,9D,10D,11D,13D,14D,17D,18D,23D,24D,25D. The molecule has 0 fully saturated rings. The zero-order valence-corrected chi connectivity index (χ0v) is 23.3. The number of nitrogens with zero attached hydrogens (tertiary/aromatic N) is 2. The van der Waals surface area contributed by atoms with Crippen molar-refractivity contribution in [2.45, 2.75) is 0 Å². The molecule has 0 N–H and O–H groups in total. The van der Waals surface area contributed by atoms with Crippen LogP contribution in [-0.4, -0.2) is 9.97 Å². The fraction of sp³-hybridized carbons (Fsp3) is 0. The van der Waals surface area contributed by atoms with Crippen LogP contribution in [0.2, 0.25) is 0 Å². The number of furan rings is 1. The largest absolute Gasteiger partial charge is 0.455 e. The second-order valence-corrected chi connectivity index (χ2v) is 10.4. The van der Waals surface area contributed by atoms with Gasteiger partial charge in [0.1, 0.15) is 11.2 Å². The molecule has 0 atom stereocenters. The average molecular weight is 588 g/mol. The lowest BCUT2D eigenvalue weighted by molar-refractivity contribution is 0.674. The van der Waals surface area contributed by atoms with Gasteiger partial charge in [0.05, 0.1) is 40.2 Å². The molecular formula is C42H26N2O. The fourth-order valence-electron chi connectivity index (χ4n) is 5.78. The number of rotatable bonds is 4. The van der Waals surface area contributed by atoms with E-state index in [1.54, 1.807) is 18.2 Å². The van der Waals surface area contributed by atoms with E-state index >= 15 is 0 Å². The minimum absolute atomic E-state index is 0.0321. The first kappa shape index (κ1) is 15.6. The second kappa shape index (κ2) is 10.3. The molecule has 0 unspecified atom stereocenters. The Morgan fingerprint density at radius 2 is 1.09 bits per heavy atom. The highest BCUT2D eigenvalue weighted by atomic mass is 16.3. The van der Waals surface area contributed by atoms with Gasteiger partial charge >= 0.3 is 0 Å². The van der Waals surface area contributed by atoms with Crippen LogP contribution >= 0.6 is 0 Å². The van der Waals surface area contributed by atoms with Crippen molar-refractivity contribution in [3.05, 3.63) is 157 Å². The Morgan fingerprint density at radius 3 is 1.91 bits per heavy atom. The molecule has 0 saturated carbocycles. The molecule has 0 aliphatic heterocycles. The SMILES string of the molecule is [2H]c1c([2H])c([2H])c(-c2c([2H])c([2H])c([2H])c(-c3nc4c([2H])c([2H])c([2H])c([2H])c4nc3-c3cc4c5cccc(-c6ccccc6)c5oc4c4ccccc34)c2[2H])c([2H])c1[2H]. The summed E-state index contributed by atoms with van der Waals surface area (Å²) in [5.74, 6) is 0. The van der Waals surface area contributed by atoms with E-state index in [1.807, 2.05) is 60.7 Å².